The lowest BCUT2D eigenvalue weighted by Crippen LogP contribution is -2.53. The molecule has 1 aliphatic carbocycles. The molecule has 4 fully saturated rings. The summed E-state index contributed by atoms with van der Waals surface area (Å²) in [5.74, 6) is 0.608. The second kappa shape index (κ2) is 8.36. The summed E-state index contributed by atoms with van der Waals surface area (Å²) in [6.07, 6.45) is 10.6. The summed E-state index contributed by atoms with van der Waals surface area (Å²) >= 11 is 0. The van der Waals surface area contributed by atoms with Crippen molar-refractivity contribution in [3.63, 3.8) is 0 Å². The molecule has 25 heavy (non-hydrogen) atoms. The van der Waals surface area contributed by atoms with Gasteiger partial charge in [-0.25, -0.2) is 0 Å². The van der Waals surface area contributed by atoms with Crippen molar-refractivity contribution in [3.8, 4) is 0 Å². The van der Waals surface area contributed by atoms with Crippen molar-refractivity contribution in [1.29, 1.82) is 0 Å². The molecule has 1 atom stereocenters. The van der Waals surface area contributed by atoms with Gasteiger partial charge in [0.1, 0.15) is 0 Å². The monoisotopic (exact) mass is 349 g/mol. The number of carbonyl (C=O) groups excluding carboxylic acids is 1. The van der Waals surface area contributed by atoms with Crippen molar-refractivity contribution in [2.75, 3.05) is 52.5 Å². The van der Waals surface area contributed by atoms with E-state index in [1.807, 2.05) is 4.90 Å². The van der Waals surface area contributed by atoms with Crippen LogP contribution in [0.1, 0.15) is 51.4 Å². The topological polar surface area (TPSA) is 36.0 Å². The fourth-order valence-corrected chi connectivity index (χ4v) is 5.47. The van der Waals surface area contributed by atoms with E-state index in [4.69, 9.17) is 4.74 Å². The number of ether oxygens (including phenoxy) is 1. The summed E-state index contributed by atoms with van der Waals surface area (Å²) in [5, 5.41) is 0. The summed E-state index contributed by atoms with van der Waals surface area (Å²) in [5.41, 5.74) is 0. The van der Waals surface area contributed by atoms with Gasteiger partial charge in [0, 0.05) is 31.7 Å². The number of carbonyl (C=O) groups is 1. The molecule has 1 saturated carbocycles. The van der Waals surface area contributed by atoms with Gasteiger partial charge < -0.3 is 14.5 Å². The largest absolute Gasteiger partial charge is 0.378 e. The highest BCUT2D eigenvalue weighted by Gasteiger charge is 2.35. The first-order chi connectivity index (χ1) is 12.3. The van der Waals surface area contributed by atoms with Crippen molar-refractivity contribution in [2.24, 2.45) is 5.92 Å². The first-order valence-corrected chi connectivity index (χ1v) is 10.7. The number of rotatable bonds is 3. The SMILES string of the molecule is O=C(C1CCCN(C2CCN(C3CCCC3)CC2)C1)N1CCOCC1. The van der Waals surface area contributed by atoms with Crippen LogP contribution in [0.15, 0.2) is 0 Å². The van der Waals surface area contributed by atoms with Gasteiger partial charge in [-0.15, -0.1) is 0 Å². The minimum atomic E-state index is 0.222. The Morgan fingerprint density at radius 2 is 1.40 bits per heavy atom. The van der Waals surface area contributed by atoms with Crippen LogP contribution in [0.3, 0.4) is 0 Å². The second-order valence-electron chi connectivity index (χ2n) is 8.48. The van der Waals surface area contributed by atoms with Gasteiger partial charge >= 0.3 is 0 Å². The molecule has 3 heterocycles. The normalized spacial score (nSPS) is 31.5. The standard InChI is InChI=1S/C20H35N3O2/c24-20(22-12-14-25-15-13-22)17-4-3-9-23(16-17)19-7-10-21(11-8-19)18-5-1-2-6-18/h17-19H,1-16H2. The lowest BCUT2D eigenvalue weighted by Gasteiger charge is -2.44. The summed E-state index contributed by atoms with van der Waals surface area (Å²) in [4.78, 5) is 20.3. The molecule has 3 aliphatic heterocycles. The van der Waals surface area contributed by atoms with Gasteiger partial charge in [-0.2, -0.15) is 0 Å². The molecule has 0 aromatic heterocycles. The van der Waals surface area contributed by atoms with E-state index < -0.39 is 0 Å². The summed E-state index contributed by atoms with van der Waals surface area (Å²) < 4.78 is 5.40. The van der Waals surface area contributed by atoms with Crippen molar-refractivity contribution in [3.05, 3.63) is 0 Å². The highest BCUT2D eigenvalue weighted by molar-refractivity contribution is 5.79. The maximum absolute atomic E-state index is 12.8. The molecule has 0 bridgehead atoms. The van der Waals surface area contributed by atoms with E-state index >= 15 is 0 Å². The van der Waals surface area contributed by atoms with Crippen molar-refractivity contribution >= 4 is 5.91 Å². The third kappa shape index (κ3) is 4.20. The van der Waals surface area contributed by atoms with E-state index in [1.165, 1.54) is 64.6 Å². The van der Waals surface area contributed by atoms with Gasteiger partial charge in [0.2, 0.25) is 5.91 Å². The number of nitrogens with zero attached hydrogens (tertiary/aromatic N) is 3. The lowest BCUT2D eigenvalue weighted by atomic mass is 9.92. The molecule has 5 nitrogen and oxygen atoms in total. The molecule has 4 aliphatic rings. The van der Waals surface area contributed by atoms with E-state index in [-0.39, 0.29) is 5.92 Å². The zero-order valence-electron chi connectivity index (χ0n) is 15.7. The minimum absolute atomic E-state index is 0.222. The van der Waals surface area contributed by atoms with Crippen LogP contribution in [0.5, 0.6) is 0 Å². The molecule has 0 N–H and O–H groups in total. The van der Waals surface area contributed by atoms with Crippen molar-refractivity contribution < 1.29 is 9.53 Å². The Bertz CT molecular complexity index is 438. The fourth-order valence-electron chi connectivity index (χ4n) is 5.47. The molecule has 0 radical (unpaired) electrons. The number of hydrogen-bond donors (Lipinski definition) is 0. The van der Waals surface area contributed by atoms with Crippen molar-refractivity contribution in [1.82, 2.24) is 14.7 Å². The Labute approximate surface area is 152 Å². The average molecular weight is 350 g/mol. The van der Waals surface area contributed by atoms with E-state index in [1.54, 1.807) is 0 Å². The highest BCUT2D eigenvalue weighted by atomic mass is 16.5. The van der Waals surface area contributed by atoms with Crippen LogP contribution in [-0.4, -0.2) is 85.2 Å². The average Bonchev–Trinajstić information content (AvgIpc) is 3.23. The Hall–Kier alpha value is -0.650. The molecule has 3 saturated heterocycles. The molecule has 1 amide bonds. The number of likely N-dealkylation sites (tertiary alicyclic amines) is 2. The molecule has 5 heteroatoms. The van der Waals surface area contributed by atoms with Gasteiger partial charge in [0.15, 0.2) is 0 Å². The molecule has 1 unspecified atom stereocenters. The third-order valence-electron chi connectivity index (χ3n) is 6.98. The summed E-state index contributed by atoms with van der Waals surface area (Å²) in [7, 11) is 0. The van der Waals surface area contributed by atoms with Gasteiger partial charge in [-0.05, 0) is 58.2 Å². The Morgan fingerprint density at radius 3 is 2.12 bits per heavy atom. The first kappa shape index (κ1) is 17.7. The number of morpholine rings is 1. The summed E-state index contributed by atoms with van der Waals surface area (Å²) in [6.45, 7) is 7.72. The van der Waals surface area contributed by atoms with Gasteiger partial charge in [0.05, 0.1) is 19.1 Å². The molecule has 142 valence electrons. The molecule has 0 aromatic rings. The molecule has 0 aromatic carbocycles. The van der Waals surface area contributed by atoms with Crippen LogP contribution >= 0.6 is 0 Å². The molecular formula is C20H35N3O2. The maximum Gasteiger partial charge on any atom is 0.227 e. The predicted molar refractivity (Wildman–Crippen MR) is 98.5 cm³/mol. The third-order valence-corrected chi connectivity index (χ3v) is 6.98. The first-order valence-electron chi connectivity index (χ1n) is 10.7. The van der Waals surface area contributed by atoms with Gasteiger partial charge in [-0.3, -0.25) is 9.69 Å². The van der Waals surface area contributed by atoms with Crippen LogP contribution in [0.4, 0.5) is 0 Å². The molecule has 4 rings (SSSR count). The zero-order valence-corrected chi connectivity index (χ0v) is 15.7. The maximum atomic E-state index is 12.8. The van der Waals surface area contributed by atoms with Crippen LogP contribution in [0.25, 0.3) is 0 Å². The zero-order chi connectivity index (χ0) is 17.1. The Morgan fingerprint density at radius 1 is 0.720 bits per heavy atom. The molecular weight excluding hydrogens is 314 g/mol. The van der Waals surface area contributed by atoms with E-state index in [9.17, 15) is 4.79 Å². The number of amides is 1. The Balaban J connectivity index is 1.27. The number of piperidine rings is 2. The lowest BCUT2D eigenvalue weighted by molar-refractivity contribution is -0.142. The van der Waals surface area contributed by atoms with Gasteiger partial charge in [0.25, 0.3) is 0 Å². The summed E-state index contributed by atoms with van der Waals surface area (Å²) in [6, 6.07) is 1.58. The van der Waals surface area contributed by atoms with E-state index in [0.717, 1.165) is 32.1 Å². The van der Waals surface area contributed by atoms with Gasteiger partial charge in [-0.1, -0.05) is 12.8 Å². The minimum Gasteiger partial charge on any atom is -0.378 e. The molecule has 0 spiro atoms. The second-order valence-corrected chi connectivity index (χ2v) is 8.48. The quantitative estimate of drug-likeness (QED) is 0.780. The van der Waals surface area contributed by atoms with Crippen LogP contribution in [0, 0.1) is 5.92 Å². The van der Waals surface area contributed by atoms with Crippen LogP contribution in [0.2, 0.25) is 0 Å². The van der Waals surface area contributed by atoms with E-state index in [2.05, 4.69) is 9.80 Å². The fraction of sp³-hybridized carbons (Fsp3) is 0.950. The smallest absolute Gasteiger partial charge is 0.227 e. The van der Waals surface area contributed by atoms with Crippen LogP contribution in [-0.2, 0) is 9.53 Å². The Kier molecular flexibility index (Phi) is 5.94. The van der Waals surface area contributed by atoms with Crippen LogP contribution < -0.4 is 0 Å². The van der Waals surface area contributed by atoms with Crippen molar-refractivity contribution in [2.45, 2.75) is 63.5 Å². The van der Waals surface area contributed by atoms with E-state index in [0.29, 0.717) is 25.2 Å². The number of hydrogen-bond acceptors (Lipinski definition) is 4. The highest BCUT2D eigenvalue weighted by Crippen LogP contribution is 2.29. The predicted octanol–water partition coefficient (Wildman–Crippen LogP) is 1.96.